The topological polar surface area (TPSA) is 248 Å². The molecule has 3 aliphatic heterocycles. The molecule has 16 atom stereocenters. The molecule has 0 saturated carbocycles. The van der Waals surface area contributed by atoms with Gasteiger partial charge in [-0.1, -0.05) is 19.4 Å². The lowest BCUT2D eigenvalue weighted by atomic mass is 9.82. The molecule has 0 amide bonds. The quantitative estimate of drug-likeness (QED) is 0.0822. The second-order valence-electron chi connectivity index (χ2n) is 12.0. The van der Waals surface area contributed by atoms with Crippen LogP contribution in [0.3, 0.4) is 0 Å². The van der Waals surface area contributed by atoms with Gasteiger partial charge in [-0.05, 0) is 32.3 Å². The minimum absolute atomic E-state index is 0.173. The molecule has 3 heterocycles. The van der Waals surface area contributed by atoms with Crippen LogP contribution in [0.25, 0.3) is 0 Å². The predicted molar refractivity (Wildman–Crippen MR) is 151 cm³/mol. The highest BCUT2D eigenvalue weighted by atomic mass is 16.6. The van der Waals surface area contributed by atoms with Crippen molar-refractivity contribution in [2.45, 2.75) is 132 Å². The third-order valence-corrected chi connectivity index (χ3v) is 8.82. The van der Waals surface area contributed by atoms with Crippen LogP contribution in [0.2, 0.25) is 0 Å². The zero-order valence-electron chi connectivity index (χ0n) is 25.5. The third kappa shape index (κ3) is 8.93. The molecule has 3 rings (SSSR count). The SMILES string of the molecule is CCCC(C[C@@H]1C(CO)O[C@H](COC(C)/C=C2\C(CO)O[C@@H](C)C(O)C2O)C(O)C1O)OC[C@H]1OC(CO)[C@@H](O)C(O)C1O. The molecule has 0 aliphatic carbocycles. The average molecular weight is 641 g/mol. The van der Waals surface area contributed by atoms with Gasteiger partial charge in [0.1, 0.15) is 61.0 Å². The van der Waals surface area contributed by atoms with E-state index in [0.29, 0.717) is 12.8 Å². The predicted octanol–water partition coefficient (Wildman–Crippen LogP) is -3.67. The summed E-state index contributed by atoms with van der Waals surface area (Å²) in [5, 5.41) is 102. The van der Waals surface area contributed by atoms with Gasteiger partial charge in [0.2, 0.25) is 0 Å². The van der Waals surface area contributed by atoms with Crippen LogP contribution in [0.5, 0.6) is 0 Å². The average Bonchev–Trinajstić information content (AvgIpc) is 3.01. The van der Waals surface area contributed by atoms with Crippen molar-refractivity contribution >= 4 is 0 Å². The van der Waals surface area contributed by atoms with Gasteiger partial charge in [0, 0.05) is 5.92 Å². The van der Waals surface area contributed by atoms with Crippen LogP contribution in [0.4, 0.5) is 0 Å². The first-order chi connectivity index (χ1) is 20.9. The second kappa shape index (κ2) is 17.3. The fourth-order valence-electron chi connectivity index (χ4n) is 6.13. The lowest BCUT2D eigenvalue weighted by Gasteiger charge is -2.44. The zero-order chi connectivity index (χ0) is 32.7. The Labute approximate surface area is 257 Å². The van der Waals surface area contributed by atoms with Crippen molar-refractivity contribution in [3.05, 3.63) is 11.6 Å². The van der Waals surface area contributed by atoms with Crippen LogP contribution < -0.4 is 0 Å². The summed E-state index contributed by atoms with van der Waals surface area (Å²) in [6.07, 6.45) is -13.4. The van der Waals surface area contributed by atoms with Crippen LogP contribution >= 0.6 is 0 Å². The fraction of sp³-hybridized carbons (Fsp3) is 0.931. The molecule has 0 aromatic rings. The molecule has 0 radical (unpaired) electrons. The second-order valence-corrected chi connectivity index (χ2v) is 12.0. The van der Waals surface area contributed by atoms with E-state index >= 15 is 0 Å². The fourth-order valence-corrected chi connectivity index (χ4v) is 6.13. The third-order valence-electron chi connectivity index (χ3n) is 8.82. The number of hydrogen-bond donors (Lipinski definition) is 10. The Morgan fingerprint density at radius 2 is 1.27 bits per heavy atom. The molecule has 10 N–H and O–H groups in total. The van der Waals surface area contributed by atoms with Crippen molar-refractivity contribution in [1.82, 2.24) is 0 Å². The lowest BCUT2D eigenvalue weighted by molar-refractivity contribution is -0.245. The molecule has 3 saturated heterocycles. The van der Waals surface area contributed by atoms with E-state index in [9.17, 15) is 51.1 Å². The van der Waals surface area contributed by atoms with Crippen LogP contribution in [-0.4, -0.2) is 176 Å². The molecule has 11 unspecified atom stereocenters. The Balaban J connectivity index is 1.60. The van der Waals surface area contributed by atoms with E-state index < -0.39 is 117 Å². The van der Waals surface area contributed by atoms with Crippen LogP contribution in [0.15, 0.2) is 11.6 Å². The standard InChI is InChI=1S/C29H52O15/c1-4-5-15(41-12-22-28(38)29(39)26(36)20(10-32)44-22)7-17-19(9-31)43-21(27(37)25(17)35)11-40-13(2)6-16-18(8-30)42-14(3)23(33)24(16)34/h6,13-15,17-39H,4-5,7-12H2,1-3H3/b16-6+/t13?,14-,15?,17+,18?,19?,20?,21+,22+,23?,24?,25?,26+,27?,28?,29?/m0/s1. The highest BCUT2D eigenvalue weighted by Gasteiger charge is 2.46. The van der Waals surface area contributed by atoms with Gasteiger partial charge in [-0.15, -0.1) is 0 Å². The smallest absolute Gasteiger partial charge is 0.111 e. The van der Waals surface area contributed by atoms with Gasteiger partial charge in [-0.2, -0.15) is 0 Å². The first kappa shape index (κ1) is 37.6. The Hall–Kier alpha value is -0.860. The van der Waals surface area contributed by atoms with Gasteiger partial charge < -0.3 is 74.7 Å². The summed E-state index contributed by atoms with van der Waals surface area (Å²) in [7, 11) is 0. The van der Waals surface area contributed by atoms with Gasteiger partial charge in [0.15, 0.2) is 0 Å². The molecule has 15 heteroatoms. The summed E-state index contributed by atoms with van der Waals surface area (Å²) < 4.78 is 28.8. The maximum Gasteiger partial charge on any atom is 0.111 e. The van der Waals surface area contributed by atoms with Gasteiger partial charge in [0.05, 0.1) is 63.6 Å². The first-order valence-corrected chi connectivity index (χ1v) is 15.4. The largest absolute Gasteiger partial charge is 0.394 e. The Kier molecular flexibility index (Phi) is 14.8. The van der Waals surface area contributed by atoms with E-state index in [-0.39, 0.29) is 25.2 Å². The summed E-state index contributed by atoms with van der Waals surface area (Å²) in [6, 6.07) is 0. The lowest BCUT2D eigenvalue weighted by Crippen LogP contribution is -2.60. The maximum atomic E-state index is 11.1. The van der Waals surface area contributed by atoms with Crippen molar-refractivity contribution in [3.63, 3.8) is 0 Å². The highest BCUT2D eigenvalue weighted by Crippen LogP contribution is 2.33. The summed E-state index contributed by atoms with van der Waals surface area (Å²) in [5.74, 6) is -0.736. The number of ether oxygens (including phenoxy) is 5. The van der Waals surface area contributed by atoms with E-state index in [1.165, 1.54) is 6.08 Å². The number of aliphatic hydroxyl groups is 10. The Bertz CT molecular complexity index is 870. The summed E-state index contributed by atoms with van der Waals surface area (Å²) in [4.78, 5) is 0. The molecule has 0 bridgehead atoms. The highest BCUT2D eigenvalue weighted by molar-refractivity contribution is 5.20. The Morgan fingerprint density at radius 3 is 1.86 bits per heavy atom. The van der Waals surface area contributed by atoms with Crippen LogP contribution in [-0.2, 0) is 23.7 Å². The van der Waals surface area contributed by atoms with E-state index in [1.54, 1.807) is 13.8 Å². The zero-order valence-corrected chi connectivity index (χ0v) is 25.5. The summed E-state index contributed by atoms with van der Waals surface area (Å²) >= 11 is 0. The van der Waals surface area contributed by atoms with Crippen molar-refractivity contribution in [2.75, 3.05) is 33.0 Å². The number of aliphatic hydroxyl groups excluding tert-OH is 10. The van der Waals surface area contributed by atoms with Gasteiger partial charge in [-0.3, -0.25) is 0 Å². The van der Waals surface area contributed by atoms with Crippen LogP contribution in [0.1, 0.15) is 40.0 Å². The molecule has 15 nitrogen and oxygen atoms in total. The van der Waals surface area contributed by atoms with Crippen molar-refractivity contribution in [2.24, 2.45) is 5.92 Å². The summed E-state index contributed by atoms with van der Waals surface area (Å²) in [6.45, 7) is 3.35. The monoisotopic (exact) mass is 640 g/mol. The number of hydrogen-bond acceptors (Lipinski definition) is 15. The minimum Gasteiger partial charge on any atom is -0.394 e. The molecule has 258 valence electrons. The van der Waals surface area contributed by atoms with Crippen molar-refractivity contribution < 1.29 is 74.7 Å². The van der Waals surface area contributed by atoms with E-state index in [4.69, 9.17) is 23.7 Å². The normalized spacial score (nSPS) is 44.1. The number of rotatable bonds is 14. The molecule has 3 aliphatic rings. The Morgan fingerprint density at radius 1 is 0.705 bits per heavy atom. The molecule has 0 spiro atoms. The summed E-state index contributed by atoms with van der Waals surface area (Å²) in [5.41, 5.74) is 0.259. The molecule has 3 fully saturated rings. The van der Waals surface area contributed by atoms with Crippen molar-refractivity contribution in [1.29, 1.82) is 0 Å². The van der Waals surface area contributed by atoms with Crippen LogP contribution in [0, 0.1) is 5.92 Å². The maximum absolute atomic E-state index is 11.1. The van der Waals surface area contributed by atoms with Crippen molar-refractivity contribution in [3.8, 4) is 0 Å². The molecule has 44 heavy (non-hydrogen) atoms. The minimum atomic E-state index is -1.54. The first-order valence-electron chi connectivity index (χ1n) is 15.4. The van der Waals surface area contributed by atoms with Gasteiger partial charge in [-0.25, -0.2) is 0 Å². The van der Waals surface area contributed by atoms with Gasteiger partial charge in [0.25, 0.3) is 0 Å². The molecule has 0 aromatic heterocycles. The van der Waals surface area contributed by atoms with Gasteiger partial charge >= 0.3 is 0 Å². The molecular formula is C29H52O15. The molecular weight excluding hydrogens is 588 g/mol. The van der Waals surface area contributed by atoms with E-state index in [2.05, 4.69) is 0 Å². The van der Waals surface area contributed by atoms with E-state index in [1.807, 2.05) is 6.92 Å². The van der Waals surface area contributed by atoms with E-state index in [0.717, 1.165) is 0 Å². The molecule has 0 aromatic carbocycles.